The standard InChI is InChI=1S/C52H72N10O8/c1-32(63)43(47(67)55-37-18-19-41-42(27-37)58-48(68)57-41)60-59-36-16-14-33(15-17-36)46(66)56-38-25-34(44(64)53-20-12-22-69-39-28-49(2,3)61(10)50(4,5)29-39)24-35(26-38)45(65)54-21-13-23-70-40-30-51(6,7)62(11)52(8,9)31-40/h14-19,24-27,39-40,59H,12-13,20-23,28-31H2,1-11H3,(H,53,64)(H,54,65)(H,55,67)(H,56,66)(H2,57,58,68)/b60-43-. The second-order valence-electron chi connectivity index (χ2n) is 21.1. The van der Waals surface area contributed by atoms with Gasteiger partial charge in [-0.15, -0.1) is 0 Å². The number of likely N-dealkylation sites (tertiary alicyclic amines) is 2. The van der Waals surface area contributed by atoms with E-state index in [-0.39, 0.29) is 56.7 Å². The number of ether oxygens (including phenoxy) is 2. The van der Waals surface area contributed by atoms with Gasteiger partial charge in [0.15, 0.2) is 11.5 Å². The minimum atomic E-state index is -0.770. The molecule has 3 aromatic carbocycles. The molecule has 1 aromatic heterocycles. The molecule has 0 atom stereocenters. The fraction of sp³-hybridized carbons (Fsp3) is 0.519. The Labute approximate surface area is 410 Å². The summed E-state index contributed by atoms with van der Waals surface area (Å²) in [5, 5.41) is 15.4. The molecule has 4 aromatic rings. The molecule has 2 aliphatic rings. The van der Waals surface area contributed by atoms with Crippen molar-refractivity contribution in [3.8, 4) is 0 Å². The number of nitrogens with one attached hydrogen (secondary N) is 7. The fourth-order valence-electron chi connectivity index (χ4n) is 9.62. The summed E-state index contributed by atoms with van der Waals surface area (Å²) >= 11 is 0. The molecule has 18 heteroatoms. The minimum Gasteiger partial charge on any atom is -0.378 e. The zero-order valence-corrected chi connectivity index (χ0v) is 42.6. The molecule has 18 nitrogen and oxygen atoms in total. The van der Waals surface area contributed by atoms with E-state index in [1.807, 2.05) is 0 Å². The highest BCUT2D eigenvalue weighted by Crippen LogP contribution is 2.39. The number of aromatic amines is 2. The molecule has 0 bridgehead atoms. The topological polar surface area (TPSA) is 231 Å². The van der Waals surface area contributed by atoms with Gasteiger partial charge >= 0.3 is 5.69 Å². The monoisotopic (exact) mass is 965 g/mol. The van der Waals surface area contributed by atoms with Crippen LogP contribution in [0.5, 0.6) is 0 Å². The molecule has 378 valence electrons. The number of amides is 4. The molecular formula is C52H72N10O8. The number of imidazole rings is 1. The van der Waals surface area contributed by atoms with Crippen LogP contribution in [0.15, 0.2) is 70.6 Å². The van der Waals surface area contributed by atoms with E-state index in [0.717, 1.165) is 25.7 Å². The van der Waals surface area contributed by atoms with Gasteiger partial charge in [-0.1, -0.05) is 0 Å². The molecular weight excluding hydrogens is 893 g/mol. The number of carbonyl (C=O) groups is 5. The zero-order chi connectivity index (χ0) is 51.2. The third-order valence-corrected chi connectivity index (χ3v) is 13.9. The predicted molar refractivity (Wildman–Crippen MR) is 274 cm³/mol. The number of ketones is 1. The molecule has 0 aliphatic carbocycles. The number of aromatic nitrogens is 2. The largest absolute Gasteiger partial charge is 0.378 e. The summed E-state index contributed by atoms with van der Waals surface area (Å²) in [4.78, 5) is 88.0. The Hall–Kier alpha value is -6.21. The Kier molecular flexibility index (Phi) is 16.6. The number of H-pyrrole nitrogens is 2. The molecule has 70 heavy (non-hydrogen) atoms. The number of fused-ring (bicyclic) bond motifs is 1. The Morgan fingerprint density at radius 2 is 1.07 bits per heavy atom. The SMILES string of the molecule is CC(=O)/C(=N/Nc1ccc(C(=O)Nc2cc(C(=O)NCCCOC3CC(C)(C)N(C)C(C)(C)C3)cc(C(=O)NCCCOC3CC(C)(C)N(C)C(C)(C)C3)c2)cc1)C(=O)Nc1ccc2[nH]c(=O)[nH]c2c1. The maximum Gasteiger partial charge on any atom is 0.323 e. The van der Waals surface area contributed by atoms with Crippen LogP contribution in [0, 0.1) is 0 Å². The zero-order valence-electron chi connectivity index (χ0n) is 42.6. The van der Waals surface area contributed by atoms with Gasteiger partial charge in [-0.05, 0) is 169 Å². The van der Waals surface area contributed by atoms with Crippen LogP contribution < -0.4 is 32.4 Å². The second kappa shape index (κ2) is 21.8. The summed E-state index contributed by atoms with van der Waals surface area (Å²) in [6.07, 6.45) is 5.01. The average Bonchev–Trinajstić information content (AvgIpc) is 3.65. The van der Waals surface area contributed by atoms with E-state index in [4.69, 9.17) is 9.47 Å². The molecule has 0 saturated carbocycles. The van der Waals surface area contributed by atoms with E-state index in [0.29, 0.717) is 61.6 Å². The Balaban J connectivity index is 1.08. The number of piperidine rings is 2. The van der Waals surface area contributed by atoms with Crippen LogP contribution in [0.1, 0.15) is 132 Å². The van der Waals surface area contributed by atoms with Gasteiger partial charge in [0.05, 0.1) is 28.9 Å². The predicted octanol–water partition coefficient (Wildman–Crippen LogP) is 6.68. The Bertz CT molecular complexity index is 2530. The van der Waals surface area contributed by atoms with Crippen LogP contribution in [0.25, 0.3) is 11.0 Å². The lowest BCUT2D eigenvalue weighted by Crippen LogP contribution is -2.60. The average molecular weight is 965 g/mol. The number of anilines is 3. The lowest BCUT2D eigenvalue weighted by molar-refractivity contribution is -0.114. The Morgan fingerprint density at radius 3 is 1.56 bits per heavy atom. The van der Waals surface area contributed by atoms with E-state index >= 15 is 0 Å². The van der Waals surface area contributed by atoms with E-state index in [1.165, 1.54) is 37.3 Å². The summed E-state index contributed by atoms with van der Waals surface area (Å²) < 4.78 is 12.6. The number of benzene rings is 3. The van der Waals surface area contributed by atoms with Crippen molar-refractivity contribution < 1.29 is 33.4 Å². The highest BCUT2D eigenvalue weighted by atomic mass is 16.5. The van der Waals surface area contributed by atoms with Gasteiger partial charge < -0.3 is 40.7 Å². The number of rotatable bonds is 19. The van der Waals surface area contributed by atoms with Crippen LogP contribution in [-0.2, 0) is 19.1 Å². The minimum absolute atomic E-state index is 0.00871. The number of hydrogen-bond acceptors (Lipinski definition) is 12. The van der Waals surface area contributed by atoms with E-state index in [2.05, 4.69) is 121 Å². The third kappa shape index (κ3) is 13.6. The number of carbonyl (C=O) groups excluding carboxylic acids is 5. The smallest absolute Gasteiger partial charge is 0.323 e. The van der Waals surface area contributed by atoms with Crippen molar-refractivity contribution in [1.82, 2.24) is 30.4 Å². The molecule has 0 radical (unpaired) electrons. The summed E-state index contributed by atoms with van der Waals surface area (Å²) in [5.41, 5.74) is 4.47. The van der Waals surface area contributed by atoms with Gasteiger partial charge in [-0.25, -0.2) is 4.79 Å². The molecule has 2 saturated heterocycles. The van der Waals surface area contributed by atoms with Crippen molar-refractivity contribution in [2.45, 2.75) is 135 Å². The number of nitrogens with zero attached hydrogens (tertiary/aromatic N) is 3. The van der Waals surface area contributed by atoms with Gasteiger partial charge in [-0.2, -0.15) is 5.10 Å². The summed E-state index contributed by atoms with van der Waals surface area (Å²) in [7, 11) is 4.31. The van der Waals surface area contributed by atoms with Crippen molar-refractivity contribution in [2.24, 2.45) is 5.10 Å². The van der Waals surface area contributed by atoms with Crippen molar-refractivity contribution in [3.63, 3.8) is 0 Å². The van der Waals surface area contributed by atoms with Crippen molar-refractivity contribution in [3.05, 3.63) is 87.8 Å². The molecule has 3 heterocycles. The maximum absolute atomic E-state index is 13.6. The van der Waals surface area contributed by atoms with Gasteiger partial charge in [-0.3, -0.25) is 39.2 Å². The van der Waals surface area contributed by atoms with Gasteiger partial charge in [0.1, 0.15) is 0 Å². The molecule has 2 aliphatic heterocycles. The van der Waals surface area contributed by atoms with Crippen LogP contribution >= 0.6 is 0 Å². The van der Waals surface area contributed by atoms with Crippen molar-refractivity contribution in [2.75, 3.05) is 56.5 Å². The second-order valence-corrected chi connectivity index (χ2v) is 21.1. The van der Waals surface area contributed by atoms with Crippen molar-refractivity contribution >= 4 is 63.2 Å². The first-order valence-electron chi connectivity index (χ1n) is 24.1. The third-order valence-electron chi connectivity index (χ3n) is 13.9. The first-order chi connectivity index (χ1) is 32.8. The van der Waals surface area contributed by atoms with Crippen LogP contribution in [0.3, 0.4) is 0 Å². The molecule has 0 unspecified atom stereocenters. The van der Waals surface area contributed by atoms with Crippen LogP contribution in [-0.4, -0.2) is 130 Å². The van der Waals surface area contributed by atoms with Gasteiger partial charge in [0, 0.05) is 83.4 Å². The summed E-state index contributed by atoms with van der Waals surface area (Å²) in [6, 6.07) is 15.4. The van der Waals surface area contributed by atoms with E-state index in [9.17, 15) is 28.8 Å². The molecule has 6 rings (SSSR count). The lowest BCUT2D eigenvalue weighted by Gasteiger charge is -2.53. The number of hydrogen-bond donors (Lipinski definition) is 7. The maximum atomic E-state index is 13.6. The quantitative estimate of drug-likeness (QED) is 0.0227. The fourth-order valence-corrected chi connectivity index (χ4v) is 9.62. The molecule has 7 N–H and O–H groups in total. The molecule has 4 amide bonds. The first-order valence-corrected chi connectivity index (χ1v) is 24.1. The van der Waals surface area contributed by atoms with Crippen LogP contribution in [0.4, 0.5) is 17.1 Å². The number of Topliss-reactive ketones (excluding diaryl/α,β-unsaturated/α-hetero) is 1. The van der Waals surface area contributed by atoms with Gasteiger partial charge in [0.2, 0.25) is 0 Å². The number of hydrazone groups is 1. The highest BCUT2D eigenvalue weighted by molar-refractivity contribution is 6.67. The van der Waals surface area contributed by atoms with E-state index in [1.54, 1.807) is 30.3 Å². The van der Waals surface area contributed by atoms with E-state index < -0.39 is 40.8 Å². The van der Waals surface area contributed by atoms with Crippen molar-refractivity contribution in [1.29, 1.82) is 0 Å². The molecule has 0 spiro atoms. The summed E-state index contributed by atoms with van der Waals surface area (Å²) in [5.74, 6) is -2.70. The first kappa shape index (κ1) is 53.1. The van der Waals surface area contributed by atoms with Crippen LogP contribution in [0.2, 0.25) is 0 Å². The molecule has 2 fully saturated rings. The van der Waals surface area contributed by atoms with Gasteiger partial charge in [0.25, 0.3) is 23.6 Å². The summed E-state index contributed by atoms with van der Waals surface area (Å²) in [6.45, 7) is 20.7. The normalized spacial score (nSPS) is 18.2. The Morgan fingerprint density at radius 1 is 0.600 bits per heavy atom. The highest BCUT2D eigenvalue weighted by Gasteiger charge is 2.44. The lowest BCUT2D eigenvalue weighted by atomic mass is 9.79.